The van der Waals surface area contributed by atoms with Crippen LogP contribution in [0.1, 0.15) is 12.8 Å². The van der Waals surface area contributed by atoms with Gasteiger partial charge in [0.25, 0.3) is 0 Å². The van der Waals surface area contributed by atoms with Crippen LogP contribution >= 0.6 is 11.3 Å². The summed E-state index contributed by atoms with van der Waals surface area (Å²) < 4.78 is 0. The third-order valence-electron chi connectivity index (χ3n) is 5.99. The maximum atomic E-state index is 4.89. The lowest BCUT2D eigenvalue weighted by Gasteiger charge is -2.35. The predicted octanol–water partition coefficient (Wildman–Crippen LogP) is 3.58. The molecule has 0 amide bonds. The van der Waals surface area contributed by atoms with Gasteiger partial charge in [-0.2, -0.15) is 0 Å². The zero-order valence-corrected chi connectivity index (χ0v) is 17.1. The lowest BCUT2D eigenvalue weighted by atomic mass is 10.1. The van der Waals surface area contributed by atoms with Gasteiger partial charge in [0.05, 0.1) is 0 Å². The fraction of sp³-hybridized carbons (Fsp3) is 0.455. The average molecular weight is 394 g/mol. The zero-order valence-electron chi connectivity index (χ0n) is 16.3. The molecule has 2 fully saturated rings. The molecule has 2 aliphatic rings. The molecular weight excluding hydrogens is 366 g/mol. The molecule has 0 atom stereocenters. The minimum absolute atomic E-state index is 0.883. The summed E-state index contributed by atoms with van der Waals surface area (Å²) in [5.74, 6) is 0.883. The molecule has 0 unspecified atom stereocenters. The summed E-state index contributed by atoms with van der Waals surface area (Å²) in [6.07, 6.45) is 4.76. The Morgan fingerprint density at radius 3 is 2.32 bits per heavy atom. The molecule has 3 aromatic rings. The number of anilines is 1. The van der Waals surface area contributed by atoms with Crippen LogP contribution in [-0.4, -0.2) is 72.1 Å². The average Bonchev–Trinajstić information content (AvgIpc) is 3.43. The van der Waals surface area contributed by atoms with Crippen molar-refractivity contribution in [3.05, 3.63) is 41.9 Å². The molecule has 0 aliphatic carbocycles. The molecule has 2 aliphatic heterocycles. The van der Waals surface area contributed by atoms with E-state index in [9.17, 15) is 0 Å². The summed E-state index contributed by atoms with van der Waals surface area (Å²) in [5.41, 5.74) is 2.47. The number of fused-ring (bicyclic) bond motifs is 1. The Morgan fingerprint density at radius 2 is 1.57 bits per heavy atom. The minimum Gasteiger partial charge on any atom is -0.338 e. The maximum Gasteiger partial charge on any atom is 0.226 e. The first-order valence-electron chi connectivity index (χ1n) is 10.4. The van der Waals surface area contributed by atoms with E-state index in [4.69, 9.17) is 9.97 Å². The molecule has 0 radical (unpaired) electrons. The third kappa shape index (κ3) is 3.77. The van der Waals surface area contributed by atoms with E-state index in [1.165, 1.54) is 50.1 Å². The van der Waals surface area contributed by atoms with E-state index >= 15 is 0 Å². The Hall–Kier alpha value is -2.02. The molecule has 5 rings (SSSR count). The lowest BCUT2D eigenvalue weighted by Crippen LogP contribution is -2.48. The number of piperazine rings is 1. The molecule has 0 saturated carbocycles. The Kier molecular flexibility index (Phi) is 5.25. The summed E-state index contributed by atoms with van der Waals surface area (Å²) >= 11 is 1.72. The van der Waals surface area contributed by atoms with Crippen molar-refractivity contribution < 1.29 is 0 Å². The Labute approximate surface area is 170 Å². The highest BCUT2D eigenvalue weighted by Gasteiger charge is 2.21. The fourth-order valence-electron chi connectivity index (χ4n) is 4.26. The van der Waals surface area contributed by atoms with Crippen LogP contribution in [-0.2, 0) is 0 Å². The molecule has 0 N–H and O–H groups in total. The van der Waals surface area contributed by atoms with E-state index < -0.39 is 0 Å². The molecule has 2 saturated heterocycles. The van der Waals surface area contributed by atoms with Crippen molar-refractivity contribution in [1.29, 1.82) is 0 Å². The summed E-state index contributed by atoms with van der Waals surface area (Å²) in [7, 11) is 0. The molecule has 2 aromatic heterocycles. The highest BCUT2D eigenvalue weighted by Crippen LogP contribution is 2.33. The van der Waals surface area contributed by atoms with Gasteiger partial charge >= 0.3 is 0 Å². The van der Waals surface area contributed by atoms with Crippen molar-refractivity contribution in [2.24, 2.45) is 0 Å². The number of rotatable bonds is 5. The third-order valence-corrected chi connectivity index (χ3v) is 6.88. The van der Waals surface area contributed by atoms with Crippen LogP contribution in [0.25, 0.3) is 21.3 Å². The smallest absolute Gasteiger partial charge is 0.226 e. The normalized spacial score (nSPS) is 18.9. The van der Waals surface area contributed by atoms with Crippen LogP contribution in [0, 0.1) is 0 Å². The molecule has 0 spiro atoms. The van der Waals surface area contributed by atoms with Gasteiger partial charge in [-0.1, -0.05) is 30.3 Å². The largest absolute Gasteiger partial charge is 0.338 e. The lowest BCUT2D eigenvalue weighted by molar-refractivity contribution is 0.215. The summed E-state index contributed by atoms with van der Waals surface area (Å²) in [6, 6.07) is 10.5. The second kappa shape index (κ2) is 8.15. The number of aromatic nitrogens is 2. The van der Waals surface area contributed by atoms with Crippen LogP contribution in [0.5, 0.6) is 0 Å². The Balaban J connectivity index is 1.23. The van der Waals surface area contributed by atoms with Crippen molar-refractivity contribution in [1.82, 2.24) is 19.8 Å². The number of likely N-dealkylation sites (tertiary alicyclic amines) is 1. The first kappa shape index (κ1) is 18.0. The first-order chi connectivity index (χ1) is 13.9. The van der Waals surface area contributed by atoms with Gasteiger partial charge in [-0.15, -0.1) is 11.3 Å². The number of hydrogen-bond donors (Lipinski definition) is 0. The number of nitrogens with zero attached hydrogens (tertiary/aromatic N) is 5. The van der Waals surface area contributed by atoms with Gasteiger partial charge in [-0.05, 0) is 31.5 Å². The molecule has 5 nitrogen and oxygen atoms in total. The van der Waals surface area contributed by atoms with Crippen molar-refractivity contribution in [3.8, 4) is 11.1 Å². The molecule has 146 valence electrons. The summed E-state index contributed by atoms with van der Waals surface area (Å²) in [5, 5.41) is 3.36. The standard InChI is InChI=1S/C22H27N5S/c1-2-6-18(7-3-1)20-17-28-21-19(20)16-23-22(24-21)27-14-12-26(13-15-27)11-10-25-8-4-5-9-25/h1-3,6-7,16-17H,4-5,8-15H2. The van der Waals surface area contributed by atoms with Gasteiger partial charge < -0.3 is 9.80 Å². The topological polar surface area (TPSA) is 35.5 Å². The van der Waals surface area contributed by atoms with Crippen LogP contribution < -0.4 is 4.90 Å². The predicted molar refractivity (Wildman–Crippen MR) is 117 cm³/mol. The SMILES string of the molecule is c1ccc(-c2csc3nc(N4CCN(CCN5CCCC5)CC4)ncc23)cc1. The second-order valence-corrected chi connectivity index (χ2v) is 8.64. The molecule has 28 heavy (non-hydrogen) atoms. The quantitative estimate of drug-likeness (QED) is 0.662. The van der Waals surface area contributed by atoms with Crippen molar-refractivity contribution >= 4 is 27.5 Å². The van der Waals surface area contributed by atoms with E-state index in [-0.39, 0.29) is 0 Å². The van der Waals surface area contributed by atoms with E-state index in [1.54, 1.807) is 11.3 Å². The first-order valence-corrected chi connectivity index (χ1v) is 11.2. The van der Waals surface area contributed by atoms with Gasteiger partial charge in [0.15, 0.2) is 0 Å². The van der Waals surface area contributed by atoms with Crippen LogP contribution in [0.4, 0.5) is 5.95 Å². The van der Waals surface area contributed by atoms with Gasteiger partial charge in [0, 0.05) is 61.8 Å². The van der Waals surface area contributed by atoms with Gasteiger partial charge in [-0.3, -0.25) is 4.90 Å². The highest BCUT2D eigenvalue weighted by molar-refractivity contribution is 7.17. The highest BCUT2D eigenvalue weighted by atomic mass is 32.1. The number of benzene rings is 1. The minimum atomic E-state index is 0.883. The molecule has 1 aromatic carbocycles. The van der Waals surface area contributed by atoms with Crippen LogP contribution in [0.15, 0.2) is 41.9 Å². The Bertz CT molecular complexity index is 911. The fourth-order valence-corrected chi connectivity index (χ4v) is 5.18. The van der Waals surface area contributed by atoms with Crippen LogP contribution in [0.2, 0.25) is 0 Å². The van der Waals surface area contributed by atoms with E-state index in [0.717, 1.165) is 42.3 Å². The van der Waals surface area contributed by atoms with E-state index in [0.29, 0.717) is 0 Å². The Morgan fingerprint density at radius 1 is 0.857 bits per heavy atom. The molecule has 0 bridgehead atoms. The summed E-state index contributed by atoms with van der Waals surface area (Å²) in [6.45, 7) is 9.24. The van der Waals surface area contributed by atoms with Gasteiger partial charge in [0.1, 0.15) is 4.83 Å². The van der Waals surface area contributed by atoms with Crippen molar-refractivity contribution in [3.63, 3.8) is 0 Å². The van der Waals surface area contributed by atoms with E-state index in [1.807, 2.05) is 6.20 Å². The van der Waals surface area contributed by atoms with Gasteiger partial charge in [-0.25, -0.2) is 9.97 Å². The zero-order chi connectivity index (χ0) is 18.8. The number of hydrogen-bond acceptors (Lipinski definition) is 6. The van der Waals surface area contributed by atoms with Crippen molar-refractivity contribution in [2.75, 3.05) is 57.3 Å². The van der Waals surface area contributed by atoms with E-state index in [2.05, 4.69) is 50.4 Å². The summed E-state index contributed by atoms with van der Waals surface area (Å²) in [4.78, 5) is 18.2. The molecule has 4 heterocycles. The van der Waals surface area contributed by atoms with Crippen LogP contribution in [0.3, 0.4) is 0 Å². The maximum absolute atomic E-state index is 4.89. The monoisotopic (exact) mass is 393 g/mol. The number of thiophene rings is 1. The van der Waals surface area contributed by atoms with Crippen molar-refractivity contribution in [2.45, 2.75) is 12.8 Å². The molecule has 6 heteroatoms. The van der Waals surface area contributed by atoms with Gasteiger partial charge in [0.2, 0.25) is 5.95 Å². The molecular formula is C22H27N5S. The second-order valence-electron chi connectivity index (χ2n) is 7.78.